The van der Waals surface area contributed by atoms with E-state index in [1.54, 1.807) is 15.6 Å². The Morgan fingerprint density at radius 3 is 2.57 bits per heavy atom. The highest BCUT2D eigenvalue weighted by atomic mass is 35.5. The molecule has 160 valence electrons. The molecule has 5 rings (SSSR count). The van der Waals surface area contributed by atoms with Gasteiger partial charge in [-0.25, -0.2) is 18.1 Å². The summed E-state index contributed by atoms with van der Waals surface area (Å²) in [6.45, 7) is 0.440. The fourth-order valence-electron chi connectivity index (χ4n) is 4.77. The monoisotopic (exact) mass is 448 g/mol. The number of halogens is 1. The molecule has 0 N–H and O–H groups in total. The Kier molecular flexibility index (Phi) is 4.89. The van der Waals surface area contributed by atoms with Gasteiger partial charge in [-0.3, -0.25) is 4.79 Å². The van der Waals surface area contributed by atoms with Gasteiger partial charge in [-0.05, 0) is 37.8 Å². The summed E-state index contributed by atoms with van der Waals surface area (Å²) in [5.41, 5.74) is 0.706. The van der Waals surface area contributed by atoms with Crippen molar-refractivity contribution < 1.29 is 13.2 Å². The number of aromatic nitrogens is 3. The van der Waals surface area contributed by atoms with Crippen LogP contribution in [0, 0.1) is 0 Å². The quantitative estimate of drug-likeness (QED) is 0.718. The van der Waals surface area contributed by atoms with E-state index >= 15 is 0 Å². The van der Waals surface area contributed by atoms with Gasteiger partial charge in [0.25, 0.3) is 5.91 Å². The van der Waals surface area contributed by atoms with Crippen molar-refractivity contribution in [3.05, 3.63) is 40.9 Å². The first kappa shape index (κ1) is 20.0. The molecule has 1 aliphatic heterocycles. The minimum Gasteiger partial charge on any atom is -0.333 e. The van der Waals surface area contributed by atoms with E-state index < -0.39 is 14.6 Å². The van der Waals surface area contributed by atoms with E-state index in [0.29, 0.717) is 23.6 Å². The molecule has 2 aromatic rings. The number of hydrogen-bond acceptors (Lipinski definition) is 5. The smallest absolute Gasteiger partial charge is 0.293 e. The maximum absolute atomic E-state index is 13.3. The lowest BCUT2D eigenvalue weighted by Gasteiger charge is -2.44. The summed E-state index contributed by atoms with van der Waals surface area (Å²) in [7, 11) is -3.21. The molecule has 2 saturated carbocycles. The summed E-state index contributed by atoms with van der Waals surface area (Å²) < 4.78 is 26.6. The van der Waals surface area contributed by atoms with Crippen LogP contribution in [0.2, 0.25) is 5.02 Å². The number of para-hydroxylation sites is 1. The molecule has 1 amide bonds. The highest BCUT2D eigenvalue weighted by Crippen LogP contribution is 2.41. The predicted molar refractivity (Wildman–Crippen MR) is 114 cm³/mol. The van der Waals surface area contributed by atoms with Gasteiger partial charge in [-0.1, -0.05) is 43.0 Å². The number of nitrogens with zero attached hydrogens (tertiary/aromatic N) is 4. The van der Waals surface area contributed by atoms with Gasteiger partial charge in [0.2, 0.25) is 5.82 Å². The van der Waals surface area contributed by atoms with Crippen molar-refractivity contribution in [1.29, 1.82) is 0 Å². The summed E-state index contributed by atoms with van der Waals surface area (Å²) in [5.74, 6) is 0.884. The number of sulfone groups is 1. The van der Waals surface area contributed by atoms with E-state index in [1.807, 2.05) is 18.2 Å². The van der Waals surface area contributed by atoms with Crippen molar-refractivity contribution in [2.45, 2.75) is 55.6 Å². The zero-order chi connectivity index (χ0) is 20.9. The first-order chi connectivity index (χ1) is 14.4. The first-order valence-electron chi connectivity index (χ1n) is 10.6. The van der Waals surface area contributed by atoms with Gasteiger partial charge < -0.3 is 4.90 Å². The van der Waals surface area contributed by atoms with Crippen molar-refractivity contribution in [2.75, 3.05) is 18.8 Å². The van der Waals surface area contributed by atoms with Crippen LogP contribution >= 0.6 is 11.6 Å². The van der Waals surface area contributed by atoms with Crippen LogP contribution < -0.4 is 0 Å². The molecule has 9 heteroatoms. The molecule has 0 atom stereocenters. The van der Waals surface area contributed by atoms with E-state index in [9.17, 15) is 13.2 Å². The number of carbonyl (C=O) groups is 1. The number of rotatable bonds is 3. The van der Waals surface area contributed by atoms with Crippen molar-refractivity contribution in [3.8, 4) is 5.69 Å². The molecule has 2 heterocycles. The molecule has 3 fully saturated rings. The molecule has 0 unspecified atom stereocenters. The highest BCUT2D eigenvalue weighted by Gasteiger charge is 2.49. The summed E-state index contributed by atoms with van der Waals surface area (Å²) in [6, 6.07) is 7.38. The van der Waals surface area contributed by atoms with Gasteiger partial charge in [0, 0.05) is 19.0 Å². The van der Waals surface area contributed by atoms with E-state index in [1.165, 1.54) is 0 Å². The number of hydrogen-bond donors (Lipinski definition) is 0. The number of carbonyl (C=O) groups excluding carboxylic acids is 1. The van der Waals surface area contributed by atoms with Crippen molar-refractivity contribution >= 4 is 27.3 Å². The standard InChI is InChI=1S/C21H25ClN4O3S/c22-16-6-2-3-7-17(16)26-19(15-8-9-15)23-18(24-26)20(27)25-12-13-30(28,29)21(14-25)10-4-1-5-11-21/h2-3,6-7,15H,1,4-5,8-14H2. The Balaban J connectivity index is 1.47. The SMILES string of the molecule is O=C(c1nc(C2CC2)n(-c2ccccc2Cl)n1)N1CCS(=O)(=O)C2(CCCCC2)C1. The average molecular weight is 449 g/mol. The van der Waals surface area contributed by atoms with Crippen LogP contribution in [0.25, 0.3) is 5.69 Å². The summed E-state index contributed by atoms with van der Waals surface area (Å²) in [4.78, 5) is 19.6. The molecular formula is C21H25ClN4O3S. The first-order valence-corrected chi connectivity index (χ1v) is 12.7. The van der Waals surface area contributed by atoms with Crippen molar-refractivity contribution in [1.82, 2.24) is 19.7 Å². The Labute approximate surface area is 181 Å². The summed E-state index contributed by atoms with van der Waals surface area (Å²) in [6.07, 6.45) is 6.14. The molecule has 0 bridgehead atoms. The second-order valence-electron chi connectivity index (χ2n) is 8.72. The average Bonchev–Trinajstić information content (AvgIpc) is 3.49. The largest absolute Gasteiger partial charge is 0.333 e. The van der Waals surface area contributed by atoms with Gasteiger partial charge in [-0.2, -0.15) is 0 Å². The third-order valence-electron chi connectivity index (χ3n) is 6.67. The third kappa shape index (κ3) is 3.34. The number of benzene rings is 1. The Morgan fingerprint density at radius 1 is 1.13 bits per heavy atom. The van der Waals surface area contributed by atoms with Crippen LogP contribution in [0.15, 0.2) is 24.3 Å². The topological polar surface area (TPSA) is 85.2 Å². The predicted octanol–water partition coefficient (Wildman–Crippen LogP) is 3.37. The molecule has 7 nitrogen and oxygen atoms in total. The van der Waals surface area contributed by atoms with Crippen LogP contribution in [0.3, 0.4) is 0 Å². The second kappa shape index (κ2) is 7.34. The lowest BCUT2D eigenvalue weighted by atomic mass is 9.87. The fraction of sp³-hybridized carbons (Fsp3) is 0.571. The molecule has 1 aromatic carbocycles. The van der Waals surface area contributed by atoms with E-state index in [-0.39, 0.29) is 36.5 Å². The number of amides is 1. The maximum Gasteiger partial charge on any atom is 0.293 e. The fourth-order valence-corrected chi connectivity index (χ4v) is 7.15. The summed E-state index contributed by atoms with van der Waals surface area (Å²) >= 11 is 6.37. The van der Waals surface area contributed by atoms with E-state index in [2.05, 4.69) is 10.1 Å². The second-order valence-corrected chi connectivity index (χ2v) is 11.6. The van der Waals surface area contributed by atoms with Crippen LogP contribution in [-0.2, 0) is 9.84 Å². The van der Waals surface area contributed by atoms with Gasteiger partial charge in [0.15, 0.2) is 9.84 Å². The zero-order valence-corrected chi connectivity index (χ0v) is 18.3. The maximum atomic E-state index is 13.3. The van der Waals surface area contributed by atoms with E-state index in [4.69, 9.17) is 11.6 Å². The molecule has 1 spiro atoms. The normalized spacial score (nSPS) is 22.9. The molecule has 2 aliphatic carbocycles. The van der Waals surface area contributed by atoms with Crippen LogP contribution in [0.5, 0.6) is 0 Å². The van der Waals surface area contributed by atoms with Crippen LogP contribution in [0.4, 0.5) is 0 Å². The molecule has 3 aliphatic rings. The third-order valence-corrected chi connectivity index (χ3v) is 9.56. The molecule has 0 radical (unpaired) electrons. The Bertz CT molecular complexity index is 1090. The van der Waals surface area contributed by atoms with Crippen LogP contribution in [0.1, 0.15) is 67.3 Å². The minimum absolute atomic E-state index is 0.0133. The zero-order valence-electron chi connectivity index (χ0n) is 16.8. The van der Waals surface area contributed by atoms with Crippen LogP contribution in [-0.4, -0.2) is 57.6 Å². The Morgan fingerprint density at radius 2 is 1.87 bits per heavy atom. The van der Waals surface area contributed by atoms with Gasteiger partial charge in [0.05, 0.1) is 21.2 Å². The molecule has 30 heavy (non-hydrogen) atoms. The van der Waals surface area contributed by atoms with E-state index in [0.717, 1.165) is 37.9 Å². The van der Waals surface area contributed by atoms with Crippen molar-refractivity contribution in [2.24, 2.45) is 0 Å². The Hall–Kier alpha value is -1.93. The van der Waals surface area contributed by atoms with Gasteiger partial charge in [0.1, 0.15) is 5.82 Å². The lowest BCUT2D eigenvalue weighted by molar-refractivity contribution is 0.0711. The highest BCUT2D eigenvalue weighted by molar-refractivity contribution is 7.92. The van der Waals surface area contributed by atoms with Gasteiger partial charge >= 0.3 is 0 Å². The molecule has 1 saturated heterocycles. The molecule has 1 aromatic heterocycles. The van der Waals surface area contributed by atoms with Crippen molar-refractivity contribution in [3.63, 3.8) is 0 Å². The lowest BCUT2D eigenvalue weighted by Crippen LogP contribution is -2.58. The summed E-state index contributed by atoms with van der Waals surface area (Å²) in [5, 5.41) is 5.08. The molecular weight excluding hydrogens is 424 g/mol. The van der Waals surface area contributed by atoms with Gasteiger partial charge in [-0.15, -0.1) is 5.10 Å². The minimum atomic E-state index is -3.21.